The Balaban J connectivity index is 1.93. The number of aromatic nitrogens is 4. The second-order valence-electron chi connectivity index (χ2n) is 9.19. The van der Waals surface area contributed by atoms with Gasteiger partial charge in [0, 0.05) is 50.7 Å². The van der Waals surface area contributed by atoms with E-state index in [0.29, 0.717) is 22.1 Å². The first-order valence-electron chi connectivity index (χ1n) is 12.6. The van der Waals surface area contributed by atoms with Crippen molar-refractivity contribution >= 4 is 47.7 Å². The lowest BCUT2D eigenvalue weighted by molar-refractivity contribution is -0.270. The first-order valence-corrected chi connectivity index (χ1v) is 13.4. The first kappa shape index (κ1) is 30.8. The summed E-state index contributed by atoms with van der Waals surface area (Å²) >= 11 is 12.0. The third-order valence-electron chi connectivity index (χ3n) is 6.03. The molecule has 15 heteroatoms. The fraction of sp³-hybridized carbons (Fsp3) is 0.370. The SMILES string of the molecule is CC(=O)OC[C@@H]1O[C@H](n2nc(-c3ccncc3)n(-c3ccc(Cl)cc3)c2=S)[C@@H](OC(C)=O)[C@@H](OC(C)=O)[C@H]1OC(C)=O. The number of benzene rings is 1. The number of pyridine rings is 1. The molecule has 13 nitrogen and oxygen atoms in total. The monoisotopic (exact) mass is 618 g/mol. The van der Waals surface area contributed by atoms with Crippen molar-refractivity contribution in [2.45, 2.75) is 58.3 Å². The van der Waals surface area contributed by atoms with E-state index in [1.165, 1.54) is 11.6 Å². The number of rotatable bonds is 8. The Labute approximate surface area is 250 Å². The normalized spacial score (nSPS) is 21.7. The van der Waals surface area contributed by atoms with Crippen molar-refractivity contribution in [1.82, 2.24) is 19.3 Å². The molecule has 0 radical (unpaired) electrons. The van der Waals surface area contributed by atoms with Crippen LogP contribution in [0.5, 0.6) is 0 Å². The predicted molar refractivity (Wildman–Crippen MR) is 148 cm³/mol. The van der Waals surface area contributed by atoms with Crippen LogP contribution in [0.1, 0.15) is 33.9 Å². The van der Waals surface area contributed by atoms with Crippen LogP contribution in [0.25, 0.3) is 17.1 Å². The molecular weight excluding hydrogens is 592 g/mol. The maximum Gasteiger partial charge on any atom is 0.303 e. The lowest BCUT2D eigenvalue weighted by Gasteiger charge is -2.44. The summed E-state index contributed by atoms with van der Waals surface area (Å²) in [5, 5.41) is 5.23. The predicted octanol–water partition coefficient (Wildman–Crippen LogP) is 3.37. The second kappa shape index (κ2) is 13.2. The average Bonchev–Trinajstić information content (AvgIpc) is 3.26. The van der Waals surface area contributed by atoms with Crippen molar-refractivity contribution in [3.8, 4) is 17.1 Å². The summed E-state index contributed by atoms with van der Waals surface area (Å²) in [5.74, 6) is -2.50. The molecule has 1 aromatic carbocycles. The molecule has 0 aliphatic carbocycles. The molecule has 5 atom stereocenters. The van der Waals surface area contributed by atoms with Crippen molar-refractivity contribution in [1.29, 1.82) is 0 Å². The van der Waals surface area contributed by atoms with Crippen molar-refractivity contribution < 1.29 is 42.9 Å². The number of carbonyl (C=O) groups is 4. The van der Waals surface area contributed by atoms with Crippen LogP contribution in [0, 0.1) is 4.77 Å². The minimum atomic E-state index is -1.39. The molecule has 1 fully saturated rings. The Morgan fingerprint density at radius 2 is 1.43 bits per heavy atom. The number of nitrogens with zero attached hydrogens (tertiary/aromatic N) is 4. The molecule has 42 heavy (non-hydrogen) atoms. The Morgan fingerprint density at radius 1 is 0.857 bits per heavy atom. The van der Waals surface area contributed by atoms with Crippen molar-refractivity contribution in [3.05, 3.63) is 58.6 Å². The molecule has 222 valence electrons. The summed E-state index contributed by atoms with van der Waals surface area (Å²) in [5.41, 5.74) is 1.24. The van der Waals surface area contributed by atoms with Crippen LogP contribution in [0.4, 0.5) is 0 Å². The molecule has 0 spiro atoms. The summed E-state index contributed by atoms with van der Waals surface area (Å²) in [4.78, 5) is 52.3. The fourth-order valence-corrected chi connectivity index (χ4v) is 4.92. The lowest BCUT2D eigenvalue weighted by Crippen LogP contribution is -2.60. The zero-order valence-electron chi connectivity index (χ0n) is 23.0. The summed E-state index contributed by atoms with van der Waals surface area (Å²) in [7, 11) is 0. The fourth-order valence-electron chi connectivity index (χ4n) is 4.46. The third kappa shape index (κ3) is 7.01. The molecule has 3 aromatic rings. The number of ether oxygens (including phenoxy) is 5. The van der Waals surface area contributed by atoms with Crippen molar-refractivity contribution in [2.75, 3.05) is 6.61 Å². The molecule has 0 saturated carbocycles. The molecule has 1 saturated heterocycles. The van der Waals surface area contributed by atoms with Gasteiger partial charge in [0.2, 0.25) is 4.77 Å². The lowest BCUT2D eigenvalue weighted by atomic mass is 9.97. The van der Waals surface area contributed by atoms with Gasteiger partial charge in [-0.05, 0) is 48.6 Å². The maximum atomic E-state index is 12.3. The molecular formula is C27H27ClN4O9S. The topological polar surface area (TPSA) is 150 Å². The minimum Gasteiger partial charge on any atom is -0.463 e. The van der Waals surface area contributed by atoms with Crippen LogP contribution in [-0.2, 0) is 42.9 Å². The van der Waals surface area contributed by atoms with Crippen molar-refractivity contribution in [3.63, 3.8) is 0 Å². The van der Waals surface area contributed by atoms with Gasteiger partial charge in [0.15, 0.2) is 30.4 Å². The van der Waals surface area contributed by atoms with E-state index in [1.807, 2.05) is 0 Å². The van der Waals surface area contributed by atoms with Gasteiger partial charge in [-0.2, -0.15) is 0 Å². The van der Waals surface area contributed by atoms with Crippen LogP contribution in [0.2, 0.25) is 5.02 Å². The van der Waals surface area contributed by atoms with Gasteiger partial charge in [-0.15, -0.1) is 5.10 Å². The van der Waals surface area contributed by atoms with Gasteiger partial charge in [-0.1, -0.05) is 11.6 Å². The summed E-state index contributed by atoms with van der Waals surface area (Å²) in [6.07, 6.45) is -3.44. The van der Waals surface area contributed by atoms with E-state index in [0.717, 1.165) is 20.8 Å². The standard InChI is InChI=1S/C27H27ClN4O9S/c1-14(33)37-13-21-22(38-15(2)34)23(39-16(3)35)24(40-17(4)36)26(41-21)32-27(42)31(20-7-5-19(28)6-8-20)25(30-32)18-9-11-29-12-10-18/h5-12,21-24,26H,13H2,1-4H3/t21-,22-,23-,24-,26-/m0/s1. The second-order valence-corrected chi connectivity index (χ2v) is 9.99. The third-order valence-corrected chi connectivity index (χ3v) is 6.65. The van der Waals surface area contributed by atoms with E-state index in [2.05, 4.69) is 4.98 Å². The highest BCUT2D eigenvalue weighted by molar-refractivity contribution is 7.71. The largest absolute Gasteiger partial charge is 0.463 e. The highest BCUT2D eigenvalue weighted by Crippen LogP contribution is 2.36. The molecule has 0 amide bonds. The summed E-state index contributed by atoms with van der Waals surface area (Å²) < 4.78 is 31.1. The maximum absolute atomic E-state index is 12.3. The van der Waals surface area contributed by atoms with E-state index < -0.39 is 61.1 Å². The number of carbonyl (C=O) groups excluding carboxylic acids is 4. The van der Waals surface area contributed by atoms with Crippen LogP contribution in [0.3, 0.4) is 0 Å². The number of hydrogen-bond acceptors (Lipinski definition) is 12. The number of esters is 4. The Morgan fingerprint density at radius 3 is 2.00 bits per heavy atom. The summed E-state index contributed by atoms with van der Waals surface area (Å²) in [6.45, 7) is 4.24. The van der Waals surface area contributed by atoms with Crippen molar-refractivity contribution in [2.24, 2.45) is 0 Å². The van der Waals surface area contributed by atoms with Crippen LogP contribution in [-0.4, -0.2) is 74.2 Å². The molecule has 0 N–H and O–H groups in total. The molecule has 0 bridgehead atoms. The van der Waals surface area contributed by atoms with Crippen LogP contribution < -0.4 is 0 Å². The highest BCUT2D eigenvalue weighted by Gasteiger charge is 2.53. The molecule has 4 rings (SSSR count). The number of halogens is 1. The first-order chi connectivity index (χ1) is 20.0. The van der Waals surface area contributed by atoms with E-state index >= 15 is 0 Å². The van der Waals surface area contributed by atoms with E-state index in [9.17, 15) is 19.2 Å². The molecule has 1 aliphatic heterocycles. The van der Waals surface area contributed by atoms with Gasteiger partial charge in [0.25, 0.3) is 0 Å². The Bertz CT molecular complexity index is 1530. The van der Waals surface area contributed by atoms with Gasteiger partial charge in [0.1, 0.15) is 12.7 Å². The zero-order chi connectivity index (χ0) is 30.6. The summed E-state index contributed by atoms with van der Waals surface area (Å²) in [6, 6.07) is 10.3. The average molecular weight is 619 g/mol. The zero-order valence-corrected chi connectivity index (χ0v) is 24.5. The smallest absolute Gasteiger partial charge is 0.303 e. The molecule has 3 heterocycles. The molecule has 1 aliphatic rings. The van der Waals surface area contributed by atoms with Crippen LogP contribution >= 0.6 is 23.8 Å². The number of hydrogen-bond donors (Lipinski definition) is 0. The van der Waals surface area contributed by atoms with Crippen LogP contribution in [0.15, 0.2) is 48.8 Å². The van der Waals surface area contributed by atoms with Gasteiger partial charge < -0.3 is 23.7 Å². The highest BCUT2D eigenvalue weighted by atomic mass is 35.5. The quantitative estimate of drug-likeness (QED) is 0.207. The molecule has 2 aromatic heterocycles. The van der Waals surface area contributed by atoms with E-state index in [1.54, 1.807) is 53.4 Å². The van der Waals surface area contributed by atoms with Gasteiger partial charge in [-0.3, -0.25) is 28.7 Å². The Hall–Kier alpha value is -4.14. The molecule has 0 unspecified atom stereocenters. The van der Waals surface area contributed by atoms with Gasteiger partial charge in [-0.25, -0.2) is 4.68 Å². The van der Waals surface area contributed by atoms with E-state index in [4.69, 9.17) is 52.6 Å². The Kier molecular flexibility index (Phi) is 9.70. The van der Waals surface area contributed by atoms with Gasteiger partial charge >= 0.3 is 23.9 Å². The minimum absolute atomic E-state index is 0.102. The van der Waals surface area contributed by atoms with E-state index in [-0.39, 0.29) is 4.77 Å². The van der Waals surface area contributed by atoms with Gasteiger partial charge in [0.05, 0.1) is 5.69 Å².